The molecule has 0 heterocycles. The van der Waals surface area contributed by atoms with E-state index >= 15 is 0 Å². The number of nitrogens with one attached hydrogen (secondary N) is 1. The van der Waals surface area contributed by atoms with E-state index in [1.807, 2.05) is 0 Å². The van der Waals surface area contributed by atoms with E-state index in [-0.39, 0.29) is 5.54 Å². The summed E-state index contributed by atoms with van der Waals surface area (Å²) in [5.41, 5.74) is 7.33. The van der Waals surface area contributed by atoms with E-state index in [0.717, 1.165) is 17.4 Å². The fourth-order valence-electron chi connectivity index (χ4n) is 2.87. The highest BCUT2D eigenvalue weighted by Crippen LogP contribution is 2.22. The highest BCUT2D eigenvalue weighted by Gasteiger charge is 2.25. The molecule has 0 spiro atoms. The van der Waals surface area contributed by atoms with Crippen LogP contribution in [-0.4, -0.2) is 18.6 Å². The Hall–Kier alpha value is -0.380. The van der Waals surface area contributed by atoms with Crippen molar-refractivity contribution >= 4 is 15.9 Å². The first-order chi connectivity index (χ1) is 9.77. The maximum Gasteiger partial charge on any atom is 0.0316 e. The molecule has 1 atom stereocenters. The van der Waals surface area contributed by atoms with Crippen molar-refractivity contribution in [3.8, 4) is 0 Å². The number of hydrogen-bond donors (Lipinski definition) is 2. The molecule has 1 aromatic carbocycles. The first kappa shape index (κ1) is 18.7. The highest BCUT2D eigenvalue weighted by atomic mass is 79.9. The lowest BCUT2D eigenvalue weighted by Gasteiger charge is -2.34. The van der Waals surface area contributed by atoms with Crippen LogP contribution >= 0.6 is 15.9 Å². The molecule has 21 heavy (non-hydrogen) atoms. The first-order valence-electron chi connectivity index (χ1n) is 7.97. The monoisotopic (exact) mass is 354 g/mol. The predicted octanol–water partition coefficient (Wildman–Crippen LogP) is 4.23. The van der Waals surface area contributed by atoms with Crippen molar-refractivity contribution in [2.75, 3.05) is 13.1 Å². The quantitative estimate of drug-likeness (QED) is 0.732. The van der Waals surface area contributed by atoms with Gasteiger partial charge in [-0.15, -0.1) is 0 Å². The molecule has 0 bridgehead atoms. The summed E-state index contributed by atoms with van der Waals surface area (Å²) in [6.07, 6.45) is 0.958. The van der Waals surface area contributed by atoms with Gasteiger partial charge in [0.2, 0.25) is 0 Å². The molecule has 0 saturated carbocycles. The molecule has 0 aliphatic heterocycles. The van der Waals surface area contributed by atoms with Crippen molar-refractivity contribution in [2.45, 2.75) is 46.6 Å². The Morgan fingerprint density at radius 2 is 1.62 bits per heavy atom. The van der Waals surface area contributed by atoms with Gasteiger partial charge in [-0.05, 0) is 55.3 Å². The molecule has 3 heteroatoms. The summed E-state index contributed by atoms with van der Waals surface area (Å²) in [4.78, 5) is 0. The van der Waals surface area contributed by atoms with Gasteiger partial charge in [0, 0.05) is 16.6 Å². The summed E-state index contributed by atoms with van der Waals surface area (Å²) in [7, 11) is 0. The minimum atomic E-state index is -0.0458. The van der Waals surface area contributed by atoms with Crippen molar-refractivity contribution < 1.29 is 0 Å². The second kappa shape index (κ2) is 8.30. The number of nitrogens with two attached hydrogens (primary N) is 1. The van der Waals surface area contributed by atoms with E-state index in [2.05, 4.69) is 80.1 Å². The summed E-state index contributed by atoms with van der Waals surface area (Å²) in [6.45, 7) is 13.1. The van der Waals surface area contributed by atoms with Crippen LogP contribution in [0.15, 0.2) is 28.7 Å². The average molecular weight is 355 g/mol. The summed E-state index contributed by atoms with van der Waals surface area (Å²) in [5, 5.41) is 3.73. The van der Waals surface area contributed by atoms with Crippen molar-refractivity contribution in [1.82, 2.24) is 5.32 Å². The normalized spacial score (nSPS) is 15.0. The maximum atomic E-state index is 6.05. The Labute approximate surface area is 139 Å². The molecule has 1 unspecified atom stereocenters. The van der Waals surface area contributed by atoms with Crippen LogP contribution in [0.5, 0.6) is 0 Å². The van der Waals surface area contributed by atoms with Crippen LogP contribution in [0.25, 0.3) is 0 Å². The smallest absolute Gasteiger partial charge is 0.0316 e. The van der Waals surface area contributed by atoms with Gasteiger partial charge >= 0.3 is 0 Å². The van der Waals surface area contributed by atoms with E-state index in [1.165, 1.54) is 5.56 Å². The Balaban J connectivity index is 2.68. The van der Waals surface area contributed by atoms with Gasteiger partial charge in [-0.1, -0.05) is 55.8 Å². The van der Waals surface area contributed by atoms with Gasteiger partial charge in [0.15, 0.2) is 0 Å². The van der Waals surface area contributed by atoms with Crippen LogP contribution in [0.2, 0.25) is 0 Å². The predicted molar refractivity (Wildman–Crippen MR) is 96.5 cm³/mol. The fraction of sp³-hybridized carbons (Fsp3) is 0.667. The van der Waals surface area contributed by atoms with E-state index in [4.69, 9.17) is 5.73 Å². The van der Waals surface area contributed by atoms with Crippen molar-refractivity contribution in [2.24, 2.45) is 23.5 Å². The molecule has 1 aromatic rings. The molecular weight excluding hydrogens is 324 g/mol. The Kier molecular flexibility index (Phi) is 7.38. The fourth-order valence-corrected chi connectivity index (χ4v) is 3.13. The van der Waals surface area contributed by atoms with Crippen LogP contribution in [0.1, 0.15) is 40.2 Å². The summed E-state index contributed by atoms with van der Waals surface area (Å²) < 4.78 is 1.12. The van der Waals surface area contributed by atoms with Crippen molar-refractivity contribution in [3.05, 3.63) is 34.3 Å². The van der Waals surface area contributed by atoms with Gasteiger partial charge in [-0.3, -0.25) is 0 Å². The average Bonchev–Trinajstić information content (AvgIpc) is 2.41. The Morgan fingerprint density at radius 3 is 2.05 bits per heavy atom. The number of hydrogen-bond acceptors (Lipinski definition) is 2. The van der Waals surface area contributed by atoms with Gasteiger partial charge in [-0.2, -0.15) is 0 Å². The summed E-state index contributed by atoms with van der Waals surface area (Å²) >= 11 is 3.48. The van der Waals surface area contributed by atoms with Gasteiger partial charge in [0.25, 0.3) is 0 Å². The lowest BCUT2D eigenvalue weighted by molar-refractivity contribution is 0.238. The van der Waals surface area contributed by atoms with Crippen LogP contribution in [-0.2, 0) is 6.42 Å². The van der Waals surface area contributed by atoms with E-state index in [9.17, 15) is 0 Å². The SMILES string of the molecule is CC(C)C(CNC(C)(CN)Cc1ccc(Br)cc1)C(C)C. The largest absolute Gasteiger partial charge is 0.329 e. The molecule has 0 aliphatic carbocycles. The van der Waals surface area contributed by atoms with E-state index < -0.39 is 0 Å². The third-order valence-corrected chi connectivity index (χ3v) is 4.96. The molecular formula is C18H31BrN2. The number of benzene rings is 1. The maximum absolute atomic E-state index is 6.05. The molecule has 0 fully saturated rings. The van der Waals surface area contributed by atoms with Crippen LogP contribution in [0.4, 0.5) is 0 Å². The third kappa shape index (κ3) is 6.09. The van der Waals surface area contributed by atoms with Gasteiger partial charge in [-0.25, -0.2) is 0 Å². The molecule has 1 rings (SSSR count). The Bertz CT molecular complexity index is 406. The third-order valence-electron chi connectivity index (χ3n) is 4.44. The molecule has 120 valence electrons. The lowest BCUT2D eigenvalue weighted by Crippen LogP contribution is -2.52. The first-order valence-corrected chi connectivity index (χ1v) is 8.76. The highest BCUT2D eigenvalue weighted by molar-refractivity contribution is 9.10. The van der Waals surface area contributed by atoms with Crippen LogP contribution in [0, 0.1) is 17.8 Å². The molecule has 0 saturated heterocycles. The molecule has 3 N–H and O–H groups in total. The molecule has 0 aromatic heterocycles. The Morgan fingerprint density at radius 1 is 1.10 bits per heavy atom. The zero-order valence-electron chi connectivity index (χ0n) is 14.1. The zero-order chi connectivity index (χ0) is 16.0. The second-order valence-electron chi connectivity index (χ2n) is 7.10. The van der Waals surface area contributed by atoms with Crippen LogP contribution < -0.4 is 11.1 Å². The molecule has 0 aliphatic rings. The number of rotatable bonds is 8. The zero-order valence-corrected chi connectivity index (χ0v) is 15.7. The van der Waals surface area contributed by atoms with Gasteiger partial charge in [0.1, 0.15) is 0 Å². The minimum absolute atomic E-state index is 0.0458. The van der Waals surface area contributed by atoms with Crippen LogP contribution in [0.3, 0.4) is 0 Å². The molecule has 2 nitrogen and oxygen atoms in total. The minimum Gasteiger partial charge on any atom is -0.329 e. The topological polar surface area (TPSA) is 38.0 Å². The van der Waals surface area contributed by atoms with E-state index in [0.29, 0.717) is 24.3 Å². The summed E-state index contributed by atoms with van der Waals surface area (Å²) in [6, 6.07) is 8.53. The molecule has 0 radical (unpaired) electrons. The lowest BCUT2D eigenvalue weighted by atomic mass is 9.84. The number of halogens is 1. The van der Waals surface area contributed by atoms with Gasteiger partial charge < -0.3 is 11.1 Å². The summed E-state index contributed by atoms with van der Waals surface area (Å²) in [5.74, 6) is 2.06. The second-order valence-corrected chi connectivity index (χ2v) is 8.02. The van der Waals surface area contributed by atoms with E-state index in [1.54, 1.807) is 0 Å². The van der Waals surface area contributed by atoms with Crippen molar-refractivity contribution in [1.29, 1.82) is 0 Å². The molecule has 0 amide bonds. The van der Waals surface area contributed by atoms with Gasteiger partial charge in [0.05, 0.1) is 0 Å². The van der Waals surface area contributed by atoms with Crippen molar-refractivity contribution in [3.63, 3.8) is 0 Å². The standard InChI is InChI=1S/C18H31BrN2/c1-13(2)17(14(3)4)11-21-18(5,12-20)10-15-6-8-16(19)9-7-15/h6-9,13-14,17,21H,10-12,20H2,1-5H3.